The number of ether oxygens (including phenoxy) is 1. The Hall–Kier alpha value is -2.65. The molecule has 2 aromatic rings. The van der Waals surface area contributed by atoms with E-state index in [0.717, 1.165) is 5.56 Å². The third-order valence-electron chi connectivity index (χ3n) is 4.24. The van der Waals surface area contributed by atoms with E-state index >= 15 is 0 Å². The summed E-state index contributed by atoms with van der Waals surface area (Å²) >= 11 is 0. The highest BCUT2D eigenvalue weighted by Crippen LogP contribution is 2.16. The molecule has 1 aromatic carbocycles. The zero-order chi connectivity index (χ0) is 20.7. The summed E-state index contributed by atoms with van der Waals surface area (Å²) in [5, 5.41) is 2.63. The SMILES string of the molecule is CCN(CC)S(=O)(=O)c1ccc(CNC(=O)COC(=O)c2cccn2C)cc1. The van der Waals surface area contributed by atoms with E-state index in [1.165, 1.54) is 16.4 Å². The van der Waals surface area contributed by atoms with Gasteiger partial charge < -0.3 is 14.6 Å². The molecule has 2 rings (SSSR count). The number of sulfonamides is 1. The Morgan fingerprint density at radius 3 is 2.29 bits per heavy atom. The first-order valence-corrected chi connectivity index (χ1v) is 10.4. The second kappa shape index (κ2) is 9.52. The van der Waals surface area contributed by atoms with Gasteiger partial charge in [0, 0.05) is 32.9 Å². The van der Waals surface area contributed by atoms with Crippen LogP contribution in [0.3, 0.4) is 0 Å². The largest absolute Gasteiger partial charge is 0.451 e. The van der Waals surface area contributed by atoms with Crippen LogP contribution in [-0.4, -0.2) is 48.9 Å². The third-order valence-corrected chi connectivity index (χ3v) is 6.31. The Bertz CT molecular complexity index is 915. The lowest BCUT2D eigenvalue weighted by molar-refractivity contribution is -0.124. The molecule has 28 heavy (non-hydrogen) atoms. The fraction of sp³-hybridized carbons (Fsp3) is 0.368. The van der Waals surface area contributed by atoms with Gasteiger partial charge in [-0.25, -0.2) is 13.2 Å². The van der Waals surface area contributed by atoms with Gasteiger partial charge in [-0.05, 0) is 29.8 Å². The monoisotopic (exact) mass is 407 g/mol. The van der Waals surface area contributed by atoms with Gasteiger partial charge >= 0.3 is 5.97 Å². The number of carbonyl (C=O) groups excluding carboxylic acids is 2. The lowest BCUT2D eigenvalue weighted by Crippen LogP contribution is -2.30. The fourth-order valence-corrected chi connectivity index (χ4v) is 4.08. The Labute approximate surface area is 165 Å². The lowest BCUT2D eigenvalue weighted by atomic mass is 10.2. The van der Waals surface area contributed by atoms with Crippen LogP contribution in [0.25, 0.3) is 0 Å². The number of hydrogen-bond donors (Lipinski definition) is 1. The maximum absolute atomic E-state index is 12.4. The molecule has 0 spiro atoms. The van der Waals surface area contributed by atoms with Gasteiger partial charge in [0.05, 0.1) is 4.90 Å². The van der Waals surface area contributed by atoms with Gasteiger partial charge in [0.2, 0.25) is 10.0 Å². The highest BCUT2D eigenvalue weighted by atomic mass is 32.2. The van der Waals surface area contributed by atoms with Crippen molar-refractivity contribution >= 4 is 21.9 Å². The molecule has 0 aliphatic heterocycles. The first kappa shape index (κ1) is 21.6. The molecular weight excluding hydrogens is 382 g/mol. The van der Waals surface area contributed by atoms with Gasteiger partial charge in [-0.3, -0.25) is 4.79 Å². The molecule has 9 heteroatoms. The van der Waals surface area contributed by atoms with E-state index in [-0.39, 0.29) is 11.4 Å². The Morgan fingerprint density at radius 2 is 1.75 bits per heavy atom. The van der Waals surface area contributed by atoms with E-state index in [9.17, 15) is 18.0 Å². The highest BCUT2D eigenvalue weighted by Gasteiger charge is 2.21. The van der Waals surface area contributed by atoms with Crippen LogP contribution in [0.1, 0.15) is 29.9 Å². The van der Waals surface area contributed by atoms with Crippen molar-refractivity contribution in [2.24, 2.45) is 7.05 Å². The molecular formula is C19H25N3O5S. The molecule has 0 radical (unpaired) electrons. The molecule has 1 aromatic heterocycles. The van der Waals surface area contributed by atoms with E-state index in [2.05, 4.69) is 5.32 Å². The summed E-state index contributed by atoms with van der Waals surface area (Å²) in [6, 6.07) is 9.64. The molecule has 0 fully saturated rings. The lowest BCUT2D eigenvalue weighted by Gasteiger charge is -2.18. The maximum atomic E-state index is 12.4. The van der Waals surface area contributed by atoms with Crippen LogP contribution in [0.5, 0.6) is 0 Å². The van der Waals surface area contributed by atoms with Gasteiger partial charge in [0.25, 0.3) is 5.91 Å². The molecule has 0 aliphatic carbocycles. The molecule has 0 aliphatic rings. The zero-order valence-electron chi connectivity index (χ0n) is 16.2. The minimum Gasteiger partial charge on any atom is -0.451 e. The molecule has 8 nitrogen and oxygen atoms in total. The van der Waals surface area contributed by atoms with Crippen LogP contribution >= 0.6 is 0 Å². The number of nitrogens with one attached hydrogen (secondary N) is 1. The van der Waals surface area contributed by atoms with Crippen molar-refractivity contribution in [1.29, 1.82) is 0 Å². The van der Waals surface area contributed by atoms with Gasteiger partial charge in [0.15, 0.2) is 6.61 Å². The van der Waals surface area contributed by atoms with E-state index < -0.39 is 28.5 Å². The summed E-state index contributed by atoms with van der Waals surface area (Å²) in [5.41, 5.74) is 1.10. The molecule has 0 saturated heterocycles. The Morgan fingerprint density at radius 1 is 1.11 bits per heavy atom. The van der Waals surface area contributed by atoms with Crippen LogP contribution in [0.15, 0.2) is 47.5 Å². The summed E-state index contributed by atoms with van der Waals surface area (Å²) in [5.74, 6) is -1.02. The number of aryl methyl sites for hydroxylation is 1. The van der Waals surface area contributed by atoms with Crippen molar-refractivity contribution < 1.29 is 22.7 Å². The predicted molar refractivity (Wildman–Crippen MR) is 104 cm³/mol. The summed E-state index contributed by atoms with van der Waals surface area (Å²) < 4.78 is 32.9. The standard InChI is InChI=1S/C19H25N3O5S/c1-4-22(5-2)28(25,26)16-10-8-15(9-11-16)13-20-18(23)14-27-19(24)17-7-6-12-21(17)3/h6-12H,4-5,13-14H2,1-3H3,(H,20,23). The average Bonchev–Trinajstić information content (AvgIpc) is 3.11. The maximum Gasteiger partial charge on any atom is 0.355 e. The van der Waals surface area contributed by atoms with E-state index in [1.54, 1.807) is 55.9 Å². The summed E-state index contributed by atoms with van der Waals surface area (Å²) in [6.07, 6.45) is 1.71. The second-order valence-electron chi connectivity index (χ2n) is 6.09. The summed E-state index contributed by atoms with van der Waals surface area (Å²) in [6.45, 7) is 4.19. The molecule has 1 N–H and O–H groups in total. The first-order valence-electron chi connectivity index (χ1n) is 8.93. The van der Waals surface area contributed by atoms with Gasteiger partial charge in [-0.1, -0.05) is 26.0 Å². The van der Waals surface area contributed by atoms with Crippen LogP contribution < -0.4 is 5.32 Å². The van der Waals surface area contributed by atoms with Gasteiger partial charge in [-0.15, -0.1) is 0 Å². The van der Waals surface area contributed by atoms with E-state index in [0.29, 0.717) is 18.8 Å². The molecule has 0 atom stereocenters. The van der Waals surface area contributed by atoms with Crippen LogP contribution in [0.4, 0.5) is 0 Å². The molecule has 1 heterocycles. The fourth-order valence-electron chi connectivity index (χ4n) is 2.62. The molecule has 0 bridgehead atoms. The molecule has 1 amide bonds. The normalized spacial score (nSPS) is 11.4. The number of esters is 1. The van der Waals surface area contributed by atoms with Crippen molar-refractivity contribution in [2.45, 2.75) is 25.3 Å². The summed E-state index contributed by atoms with van der Waals surface area (Å²) in [7, 11) is -1.80. The minimum atomic E-state index is -3.51. The number of hydrogen-bond acceptors (Lipinski definition) is 5. The van der Waals surface area contributed by atoms with Crippen LogP contribution in [-0.2, 0) is 33.1 Å². The smallest absolute Gasteiger partial charge is 0.355 e. The average molecular weight is 407 g/mol. The minimum absolute atomic E-state index is 0.201. The van der Waals surface area contributed by atoms with E-state index in [4.69, 9.17) is 4.74 Å². The number of nitrogens with zero attached hydrogens (tertiary/aromatic N) is 2. The second-order valence-corrected chi connectivity index (χ2v) is 8.03. The van der Waals surface area contributed by atoms with Crippen molar-refractivity contribution in [3.05, 3.63) is 53.9 Å². The molecule has 152 valence electrons. The number of rotatable bonds is 9. The van der Waals surface area contributed by atoms with Crippen molar-refractivity contribution in [3.63, 3.8) is 0 Å². The Kier molecular flexibility index (Phi) is 7.36. The topological polar surface area (TPSA) is 97.7 Å². The summed E-state index contributed by atoms with van der Waals surface area (Å²) in [4.78, 5) is 23.9. The predicted octanol–water partition coefficient (Wildman–Crippen LogP) is 1.53. The van der Waals surface area contributed by atoms with Gasteiger partial charge in [0.1, 0.15) is 5.69 Å². The van der Waals surface area contributed by atoms with Crippen LogP contribution in [0.2, 0.25) is 0 Å². The van der Waals surface area contributed by atoms with Crippen molar-refractivity contribution in [2.75, 3.05) is 19.7 Å². The number of aromatic nitrogens is 1. The van der Waals surface area contributed by atoms with E-state index in [1.807, 2.05) is 0 Å². The number of amides is 1. The number of carbonyl (C=O) groups is 2. The highest BCUT2D eigenvalue weighted by molar-refractivity contribution is 7.89. The van der Waals surface area contributed by atoms with Crippen molar-refractivity contribution in [1.82, 2.24) is 14.2 Å². The van der Waals surface area contributed by atoms with Gasteiger partial charge in [-0.2, -0.15) is 4.31 Å². The zero-order valence-corrected chi connectivity index (χ0v) is 17.0. The van der Waals surface area contributed by atoms with Crippen molar-refractivity contribution in [3.8, 4) is 0 Å². The first-order chi connectivity index (χ1) is 13.3. The Balaban J connectivity index is 1.87. The van der Waals surface area contributed by atoms with Crippen LogP contribution in [0, 0.1) is 0 Å². The quantitative estimate of drug-likeness (QED) is 0.636. The molecule has 0 saturated carbocycles. The number of benzene rings is 1. The third kappa shape index (κ3) is 5.20. The molecule has 0 unspecified atom stereocenters.